The van der Waals surface area contributed by atoms with Crippen molar-refractivity contribution in [3.63, 3.8) is 0 Å². The van der Waals surface area contributed by atoms with Gasteiger partial charge in [0.1, 0.15) is 0 Å². The number of nitrogens with zero attached hydrogens (tertiary/aromatic N) is 1. The third kappa shape index (κ3) is 5.95. The van der Waals surface area contributed by atoms with Gasteiger partial charge < -0.3 is 10.1 Å². The lowest BCUT2D eigenvalue weighted by Crippen LogP contribution is -2.45. The molecular weight excluding hydrogens is 364 g/mol. The molecule has 1 aromatic rings. The van der Waals surface area contributed by atoms with E-state index in [9.17, 15) is 13.2 Å². The fraction of sp³-hybridized carbons (Fsp3) is 0.588. The summed E-state index contributed by atoms with van der Waals surface area (Å²) in [5.41, 5.74) is 0.706. The molecule has 1 atom stereocenters. The highest BCUT2D eigenvalue weighted by molar-refractivity contribution is 7.88. The molecule has 0 spiro atoms. The molecule has 140 valence electrons. The van der Waals surface area contributed by atoms with Gasteiger partial charge in [-0.25, -0.2) is 12.7 Å². The number of hydrogen-bond donors (Lipinski definition) is 1. The highest BCUT2D eigenvalue weighted by Gasteiger charge is 2.31. The van der Waals surface area contributed by atoms with Gasteiger partial charge in [-0.1, -0.05) is 23.7 Å². The fourth-order valence-corrected chi connectivity index (χ4v) is 4.62. The molecule has 0 aromatic heterocycles. The minimum Gasteiger partial charge on any atom is -0.383 e. The second-order valence-corrected chi connectivity index (χ2v) is 8.83. The van der Waals surface area contributed by atoms with Crippen molar-refractivity contribution in [2.24, 2.45) is 5.92 Å². The monoisotopic (exact) mass is 388 g/mol. The molecular formula is C17H25ClN2O4S. The average Bonchev–Trinajstić information content (AvgIpc) is 2.57. The second-order valence-electron chi connectivity index (χ2n) is 6.42. The molecule has 1 fully saturated rings. The number of methoxy groups -OCH3 is 1. The summed E-state index contributed by atoms with van der Waals surface area (Å²) >= 11 is 5.83. The van der Waals surface area contributed by atoms with Crippen molar-refractivity contribution < 1.29 is 17.9 Å². The first-order chi connectivity index (χ1) is 11.8. The molecule has 1 aliphatic heterocycles. The third-order valence-corrected chi connectivity index (χ3v) is 6.39. The molecule has 1 heterocycles. The fourth-order valence-electron chi connectivity index (χ4n) is 2.93. The van der Waals surface area contributed by atoms with Crippen LogP contribution in [-0.4, -0.2) is 51.5 Å². The Bertz CT molecular complexity index is 670. The normalized spacial score (nSPS) is 18.0. The van der Waals surface area contributed by atoms with Crippen molar-refractivity contribution in [2.45, 2.75) is 31.6 Å². The van der Waals surface area contributed by atoms with Crippen molar-refractivity contribution in [3.05, 3.63) is 34.9 Å². The Morgan fingerprint density at radius 3 is 2.48 bits per heavy atom. The van der Waals surface area contributed by atoms with Gasteiger partial charge in [-0.05, 0) is 37.5 Å². The summed E-state index contributed by atoms with van der Waals surface area (Å²) in [5, 5.41) is 3.48. The SMILES string of the molecule is COC[C@@H](C)NC(=O)C1CCN(S(=O)(=O)Cc2ccc(Cl)cc2)CC1. The highest BCUT2D eigenvalue weighted by atomic mass is 35.5. The van der Waals surface area contributed by atoms with E-state index < -0.39 is 10.0 Å². The van der Waals surface area contributed by atoms with Gasteiger partial charge in [-0.2, -0.15) is 0 Å². The number of rotatable bonds is 7. The number of sulfonamides is 1. The van der Waals surface area contributed by atoms with Crippen molar-refractivity contribution in [1.82, 2.24) is 9.62 Å². The number of carbonyl (C=O) groups is 1. The molecule has 0 radical (unpaired) electrons. The lowest BCUT2D eigenvalue weighted by molar-refractivity contribution is -0.127. The van der Waals surface area contributed by atoms with E-state index in [4.69, 9.17) is 16.3 Å². The van der Waals surface area contributed by atoms with Crippen LogP contribution in [0.25, 0.3) is 0 Å². The first kappa shape index (κ1) is 20.2. The van der Waals surface area contributed by atoms with Gasteiger partial charge in [0.25, 0.3) is 0 Å². The first-order valence-corrected chi connectivity index (χ1v) is 10.3. The summed E-state index contributed by atoms with van der Waals surface area (Å²) < 4.78 is 31.6. The van der Waals surface area contributed by atoms with Gasteiger partial charge >= 0.3 is 0 Å². The van der Waals surface area contributed by atoms with Crippen LogP contribution in [0.15, 0.2) is 24.3 Å². The van der Waals surface area contributed by atoms with Gasteiger partial charge in [-0.3, -0.25) is 4.79 Å². The summed E-state index contributed by atoms with van der Waals surface area (Å²) in [6.45, 7) is 3.08. The summed E-state index contributed by atoms with van der Waals surface area (Å²) in [7, 11) is -1.80. The Balaban J connectivity index is 1.88. The standard InChI is InChI=1S/C17H25ClN2O4S/c1-13(11-24-2)19-17(21)15-7-9-20(10-8-15)25(22,23)12-14-3-5-16(18)6-4-14/h3-6,13,15H,7-12H2,1-2H3,(H,19,21)/t13-/m1/s1. The number of carbonyl (C=O) groups excluding carboxylic acids is 1. The zero-order valence-corrected chi connectivity index (χ0v) is 16.1. The van der Waals surface area contributed by atoms with E-state index in [2.05, 4.69) is 5.32 Å². The van der Waals surface area contributed by atoms with Crippen LogP contribution in [0.4, 0.5) is 0 Å². The zero-order chi connectivity index (χ0) is 18.4. The maximum Gasteiger partial charge on any atom is 0.223 e. The Morgan fingerprint density at radius 2 is 1.92 bits per heavy atom. The molecule has 1 aromatic carbocycles. The van der Waals surface area contributed by atoms with Crippen LogP contribution in [0.2, 0.25) is 5.02 Å². The molecule has 0 unspecified atom stereocenters. The van der Waals surface area contributed by atoms with Crippen molar-refractivity contribution in [2.75, 3.05) is 26.8 Å². The van der Waals surface area contributed by atoms with Gasteiger partial charge in [0.15, 0.2) is 0 Å². The predicted molar refractivity (Wildman–Crippen MR) is 97.9 cm³/mol. The van der Waals surface area contributed by atoms with Crippen LogP contribution in [0.3, 0.4) is 0 Å². The molecule has 25 heavy (non-hydrogen) atoms. The molecule has 6 nitrogen and oxygen atoms in total. The van der Waals surface area contributed by atoms with Gasteiger partial charge in [-0.15, -0.1) is 0 Å². The summed E-state index contributed by atoms with van der Waals surface area (Å²) in [5.74, 6) is -0.230. The first-order valence-electron chi connectivity index (χ1n) is 8.33. The molecule has 1 saturated heterocycles. The maximum atomic E-state index is 12.6. The number of halogens is 1. The summed E-state index contributed by atoms with van der Waals surface area (Å²) in [6, 6.07) is 6.76. The van der Waals surface area contributed by atoms with Crippen LogP contribution < -0.4 is 5.32 Å². The van der Waals surface area contributed by atoms with E-state index in [0.29, 0.717) is 43.1 Å². The van der Waals surface area contributed by atoms with Crippen LogP contribution in [-0.2, 0) is 25.3 Å². The number of amides is 1. The zero-order valence-electron chi connectivity index (χ0n) is 14.6. The smallest absolute Gasteiger partial charge is 0.223 e. The van der Waals surface area contributed by atoms with E-state index >= 15 is 0 Å². The number of piperidine rings is 1. The van der Waals surface area contributed by atoms with E-state index in [-0.39, 0.29) is 23.6 Å². The Hall–Kier alpha value is -1.15. The van der Waals surface area contributed by atoms with Crippen LogP contribution in [0, 0.1) is 5.92 Å². The second kappa shape index (κ2) is 8.98. The lowest BCUT2D eigenvalue weighted by atomic mass is 9.97. The molecule has 1 aliphatic rings. The molecule has 0 bridgehead atoms. The van der Waals surface area contributed by atoms with Crippen molar-refractivity contribution in [1.29, 1.82) is 0 Å². The largest absolute Gasteiger partial charge is 0.383 e. The molecule has 1 N–H and O–H groups in total. The summed E-state index contributed by atoms with van der Waals surface area (Å²) in [4.78, 5) is 12.2. The number of hydrogen-bond acceptors (Lipinski definition) is 4. The van der Waals surface area contributed by atoms with Crippen LogP contribution >= 0.6 is 11.6 Å². The van der Waals surface area contributed by atoms with E-state index in [0.717, 1.165) is 0 Å². The molecule has 0 aliphatic carbocycles. The van der Waals surface area contributed by atoms with Crippen LogP contribution in [0.5, 0.6) is 0 Å². The quantitative estimate of drug-likeness (QED) is 0.775. The van der Waals surface area contributed by atoms with Crippen LogP contribution in [0.1, 0.15) is 25.3 Å². The van der Waals surface area contributed by atoms with E-state index in [1.807, 2.05) is 6.92 Å². The molecule has 1 amide bonds. The third-order valence-electron chi connectivity index (χ3n) is 4.29. The van der Waals surface area contributed by atoms with Gasteiger partial charge in [0.2, 0.25) is 15.9 Å². The van der Waals surface area contributed by atoms with Crippen molar-refractivity contribution >= 4 is 27.5 Å². The highest BCUT2D eigenvalue weighted by Crippen LogP contribution is 2.22. The lowest BCUT2D eigenvalue weighted by Gasteiger charge is -2.31. The average molecular weight is 389 g/mol. The van der Waals surface area contributed by atoms with E-state index in [1.54, 1.807) is 31.4 Å². The number of nitrogens with one attached hydrogen (secondary N) is 1. The Labute approximate surface area is 154 Å². The summed E-state index contributed by atoms with van der Waals surface area (Å²) in [6.07, 6.45) is 1.07. The Kier molecular flexibility index (Phi) is 7.25. The maximum absolute atomic E-state index is 12.6. The molecule has 0 saturated carbocycles. The van der Waals surface area contributed by atoms with Gasteiger partial charge in [0, 0.05) is 37.2 Å². The molecule has 8 heteroatoms. The predicted octanol–water partition coefficient (Wildman–Crippen LogP) is 2.03. The Morgan fingerprint density at radius 1 is 1.32 bits per heavy atom. The minimum absolute atomic E-state index is 0.0284. The number of benzene rings is 1. The molecule has 2 rings (SSSR count). The van der Waals surface area contributed by atoms with E-state index in [1.165, 1.54) is 4.31 Å². The number of ether oxygens (including phenoxy) is 1. The minimum atomic E-state index is -3.39. The van der Waals surface area contributed by atoms with Gasteiger partial charge in [0.05, 0.1) is 12.4 Å². The topological polar surface area (TPSA) is 75.7 Å². The van der Waals surface area contributed by atoms with Crippen molar-refractivity contribution in [3.8, 4) is 0 Å².